The van der Waals surface area contributed by atoms with E-state index in [0.717, 1.165) is 5.56 Å². The van der Waals surface area contributed by atoms with Crippen molar-refractivity contribution >= 4 is 51.8 Å². The molecule has 2 aromatic carbocycles. The Morgan fingerprint density at radius 2 is 1.88 bits per heavy atom. The van der Waals surface area contributed by atoms with E-state index in [2.05, 4.69) is 0 Å². The number of hydrogen-bond donors (Lipinski definition) is 0. The topological polar surface area (TPSA) is 37.4 Å². The number of rotatable bonds is 3. The van der Waals surface area contributed by atoms with Crippen molar-refractivity contribution in [2.75, 3.05) is 4.90 Å². The molecule has 3 rings (SSSR count). The number of anilines is 1. The van der Waals surface area contributed by atoms with Crippen LogP contribution in [0.25, 0.3) is 6.08 Å². The highest BCUT2D eigenvalue weighted by Gasteiger charge is 2.33. The Morgan fingerprint density at radius 3 is 2.54 bits per heavy atom. The first-order chi connectivity index (χ1) is 11.5. The van der Waals surface area contributed by atoms with Crippen LogP contribution in [0.4, 0.5) is 5.69 Å². The van der Waals surface area contributed by atoms with Gasteiger partial charge < -0.3 is 0 Å². The molecule has 0 unspecified atom stereocenters. The number of nitrogens with zero attached hydrogens (tertiary/aromatic N) is 1. The van der Waals surface area contributed by atoms with Gasteiger partial charge in [-0.25, -0.2) is 0 Å². The molecule has 1 aliphatic rings. The van der Waals surface area contributed by atoms with E-state index in [1.165, 1.54) is 29.1 Å². The zero-order valence-electron chi connectivity index (χ0n) is 13.3. The van der Waals surface area contributed by atoms with E-state index in [0.29, 0.717) is 20.5 Å². The first kappa shape index (κ1) is 16.6. The zero-order chi connectivity index (χ0) is 17.3. The average molecular weight is 353 g/mol. The van der Waals surface area contributed by atoms with Gasteiger partial charge in [0, 0.05) is 5.56 Å². The lowest BCUT2D eigenvalue weighted by molar-refractivity contribution is -0.113. The molecule has 2 aromatic rings. The number of Topliss-reactive ketones (excluding diaryl/α,β-unsaturated/α-hetero) is 1. The molecule has 5 heteroatoms. The molecular weight excluding hydrogens is 338 g/mol. The lowest BCUT2D eigenvalue weighted by Gasteiger charge is -2.15. The summed E-state index contributed by atoms with van der Waals surface area (Å²) in [5.41, 5.74) is 3.31. The van der Waals surface area contributed by atoms with Gasteiger partial charge in [0.25, 0.3) is 5.91 Å². The van der Waals surface area contributed by atoms with Gasteiger partial charge in [-0.3, -0.25) is 14.5 Å². The third kappa shape index (κ3) is 3.32. The number of benzene rings is 2. The minimum Gasteiger partial charge on any atom is -0.295 e. The molecule has 3 nitrogen and oxygen atoms in total. The Morgan fingerprint density at radius 1 is 1.17 bits per heavy atom. The van der Waals surface area contributed by atoms with Gasteiger partial charge in [-0.1, -0.05) is 65.9 Å². The van der Waals surface area contributed by atoms with E-state index < -0.39 is 0 Å². The summed E-state index contributed by atoms with van der Waals surface area (Å²) in [7, 11) is 0. The highest BCUT2D eigenvalue weighted by atomic mass is 32.2. The van der Waals surface area contributed by atoms with Crippen molar-refractivity contribution in [2.24, 2.45) is 0 Å². The van der Waals surface area contributed by atoms with Crippen molar-refractivity contribution in [2.45, 2.75) is 13.8 Å². The first-order valence-corrected chi connectivity index (χ1v) is 8.64. The molecule has 0 bridgehead atoms. The normalized spacial score (nSPS) is 16.1. The lowest BCUT2D eigenvalue weighted by atomic mass is 10.1. The van der Waals surface area contributed by atoms with Crippen LogP contribution in [-0.2, 0) is 4.79 Å². The number of thiocarbonyl (C=S) groups is 1. The second kappa shape index (κ2) is 6.71. The monoisotopic (exact) mass is 353 g/mol. The maximum atomic E-state index is 12.7. The molecular formula is C19H15NO2S2. The van der Waals surface area contributed by atoms with Crippen LogP contribution in [0.2, 0.25) is 0 Å². The Kier molecular flexibility index (Phi) is 4.64. The molecule has 0 aromatic heterocycles. The van der Waals surface area contributed by atoms with Crippen LogP contribution in [0.1, 0.15) is 28.4 Å². The van der Waals surface area contributed by atoms with E-state index >= 15 is 0 Å². The molecule has 0 aliphatic carbocycles. The molecule has 0 radical (unpaired) electrons. The zero-order valence-corrected chi connectivity index (χ0v) is 14.9. The second-order valence-corrected chi connectivity index (χ2v) is 7.21. The Labute approximate surface area is 150 Å². The standard InChI is InChI=1S/C19H15NO2S2/c1-12-6-8-14(9-7-12)10-17-18(22)20(19(23)24-17)16-5-3-4-15(11-16)13(2)21/h3-11H,1-2H3. The second-order valence-electron chi connectivity index (χ2n) is 5.53. The van der Waals surface area contributed by atoms with Crippen LogP contribution < -0.4 is 4.90 Å². The fourth-order valence-electron chi connectivity index (χ4n) is 2.37. The van der Waals surface area contributed by atoms with Crippen LogP contribution in [0.15, 0.2) is 53.4 Å². The number of carbonyl (C=O) groups is 2. The van der Waals surface area contributed by atoms with E-state index in [4.69, 9.17) is 12.2 Å². The summed E-state index contributed by atoms with van der Waals surface area (Å²) in [6, 6.07) is 14.9. The third-order valence-electron chi connectivity index (χ3n) is 3.68. The van der Waals surface area contributed by atoms with E-state index in [9.17, 15) is 9.59 Å². The van der Waals surface area contributed by atoms with E-state index in [1.54, 1.807) is 24.3 Å². The predicted molar refractivity (Wildman–Crippen MR) is 103 cm³/mol. The minimum atomic E-state index is -0.161. The van der Waals surface area contributed by atoms with Gasteiger partial charge in [-0.15, -0.1) is 0 Å². The average Bonchev–Trinajstić information content (AvgIpc) is 2.83. The van der Waals surface area contributed by atoms with E-state index in [1.807, 2.05) is 37.3 Å². The van der Waals surface area contributed by atoms with Crippen LogP contribution in [0.5, 0.6) is 0 Å². The van der Waals surface area contributed by atoms with Crippen molar-refractivity contribution in [1.29, 1.82) is 0 Å². The number of aryl methyl sites for hydroxylation is 1. The lowest BCUT2D eigenvalue weighted by Crippen LogP contribution is -2.27. The first-order valence-electron chi connectivity index (χ1n) is 7.41. The van der Waals surface area contributed by atoms with Gasteiger partial charge in [-0.05, 0) is 37.6 Å². The SMILES string of the molecule is CC(=O)c1cccc(N2C(=O)C(=Cc3ccc(C)cc3)SC2=S)c1. The van der Waals surface area contributed by atoms with Crippen molar-refractivity contribution < 1.29 is 9.59 Å². The number of thioether (sulfide) groups is 1. The van der Waals surface area contributed by atoms with Gasteiger partial charge in [-0.2, -0.15) is 0 Å². The molecule has 0 atom stereocenters. The predicted octanol–water partition coefficient (Wildman–Crippen LogP) is 4.60. The molecule has 1 saturated heterocycles. The molecule has 24 heavy (non-hydrogen) atoms. The number of amides is 1. The van der Waals surface area contributed by atoms with Crippen LogP contribution in [-0.4, -0.2) is 16.0 Å². The van der Waals surface area contributed by atoms with Crippen LogP contribution >= 0.6 is 24.0 Å². The van der Waals surface area contributed by atoms with Crippen molar-refractivity contribution in [1.82, 2.24) is 0 Å². The molecule has 120 valence electrons. The highest BCUT2D eigenvalue weighted by Crippen LogP contribution is 2.36. The fraction of sp³-hybridized carbons (Fsp3) is 0.105. The maximum absolute atomic E-state index is 12.7. The van der Waals surface area contributed by atoms with Crippen LogP contribution in [0.3, 0.4) is 0 Å². The molecule has 1 aliphatic heterocycles. The third-order valence-corrected chi connectivity index (χ3v) is 4.98. The molecule has 1 fully saturated rings. The maximum Gasteiger partial charge on any atom is 0.270 e. The van der Waals surface area contributed by atoms with Gasteiger partial charge in [0.2, 0.25) is 0 Å². The Hall–Kier alpha value is -2.24. The smallest absolute Gasteiger partial charge is 0.270 e. The van der Waals surface area contributed by atoms with Gasteiger partial charge in [0.15, 0.2) is 10.1 Å². The van der Waals surface area contributed by atoms with Crippen molar-refractivity contribution in [3.05, 3.63) is 70.1 Å². The number of ketones is 1. The summed E-state index contributed by atoms with van der Waals surface area (Å²) in [6.45, 7) is 3.52. The summed E-state index contributed by atoms with van der Waals surface area (Å²) in [5, 5.41) is 0. The van der Waals surface area contributed by atoms with Gasteiger partial charge in [0.1, 0.15) is 0 Å². The fourth-order valence-corrected chi connectivity index (χ4v) is 3.67. The minimum absolute atomic E-state index is 0.0440. The van der Waals surface area contributed by atoms with Crippen LogP contribution in [0, 0.1) is 6.92 Å². The summed E-state index contributed by atoms with van der Waals surface area (Å²) >= 11 is 6.64. The van der Waals surface area contributed by atoms with Gasteiger partial charge >= 0.3 is 0 Å². The highest BCUT2D eigenvalue weighted by molar-refractivity contribution is 8.27. The molecule has 0 N–H and O–H groups in total. The summed E-state index contributed by atoms with van der Waals surface area (Å²) in [5.74, 6) is -0.205. The summed E-state index contributed by atoms with van der Waals surface area (Å²) in [6.07, 6.45) is 1.84. The molecule has 1 amide bonds. The summed E-state index contributed by atoms with van der Waals surface area (Å²) < 4.78 is 0.471. The molecule has 0 spiro atoms. The molecule has 0 saturated carbocycles. The van der Waals surface area contributed by atoms with Crippen molar-refractivity contribution in [3.8, 4) is 0 Å². The quantitative estimate of drug-likeness (QED) is 0.459. The Balaban J connectivity index is 1.93. The Bertz CT molecular complexity index is 869. The molecule has 1 heterocycles. The summed E-state index contributed by atoms with van der Waals surface area (Å²) in [4.78, 5) is 26.3. The van der Waals surface area contributed by atoms with Gasteiger partial charge in [0.05, 0.1) is 10.6 Å². The van der Waals surface area contributed by atoms with Crippen molar-refractivity contribution in [3.63, 3.8) is 0 Å². The largest absolute Gasteiger partial charge is 0.295 e. The van der Waals surface area contributed by atoms with E-state index in [-0.39, 0.29) is 11.7 Å². The number of carbonyl (C=O) groups excluding carboxylic acids is 2. The number of hydrogen-bond acceptors (Lipinski definition) is 4.